The van der Waals surface area contributed by atoms with Crippen LogP contribution in [-0.2, 0) is 10.8 Å². The zero-order chi connectivity index (χ0) is 44.0. The molecule has 312 valence electrons. The van der Waals surface area contributed by atoms with Crippen LogP contribution in [0.15, 0.2) is 241 Å². The lowest BCUT2D eigenvalue weighted by Gasteiger charge is -2.35. The molecule has 1 aromatic heterocycles. The molecule has 0 amide bonds. The summed E-state index contributed by atoms with van der Waals surface area (Å²) in [5, 5.41) is 2.17. The van der Waals surface area contributed by atoms with Gasteiger partial charge in [0.25, 0.3) is 0 Å². The minimum Gasteiger partial charge on any atom is -0.456 e. The fraction of sp³-hybridized carbons (Fsp3) is 0.0625. The summed E-state index contributed by atoms with van der Waals surface area (Å²) in [5.74, 6) is 0. The minimum absolute atomic E-state index is 0.195. The highest BCUT2D eigenvalue weighted by Gasteiger charge is 2.48. The fourth-order valence-corrected chi connectivity index (χ4v) is 11.5. The van der Waals surface area contributed by atoms with E-state index in [9.17, 15) is 0 Å². The lowest BCUT2D eigenvalue weighted by Crippen LogP contribution is -2.29. The van der Waals surface area contributed by atoms with Gasteiger partial charge in [-0.1, -0.05) is 202 Å². The second-order valence-corrected chi connectivity index (χ2v) is 18.4. The van der Waals surface area contributed by atoms with E-state index in [4.69, 9.17) is 4.42 Å². The topological polar surface area (TPSA) is 16.4 Å². The van der Waals surface area contributed by atoms with Crippen LogP contribution in [0.4, 0.5) is 17.1 Å². The Balaban J connectivity index is 1.17. The molecule has 10 aromatic carbocycles. The Kier molecular flexibility index (Phi) is 8.51. The van der Waals surface area contributed by atoms with Gasteiger partial charge in [0.15, 0.2) is 0 Å². The molecular weight excluding hydrogens is 799 g/mol. The SMILES string of the molecule is CC1(C)c2ccccc2-c2ccc(N(c3cc(-c4ccccc4)cc(-c4ccccc4)c3)c3cc(C4(c5ccccc5)c5ccccc5-c5ccccc54)c4oc5ccccc5c4c3)cc21. The molecule has 2 aliphatic carbocycles. The average Bonchev–Trinajstić information content (AvgIpc) is 3.98. The maximum atomic E-state index is 7.18. The Hall–Kier alpha value is -8.20. The number of benzene rings is 10. The van der Waals surface area contributed by atoms with E-state index >= 15 is 0 Å². The summed E-state index contributed by atoms with van der Waals surface area (Å²) in [5.41, 5.74) is 21.3. The van der Waals surface area contributed by atoms with Gasteiger partial charge in [-0.25, -0.2) is 0 Å². The number of rotatable bonds is 7. The van der Waals surface area contributed by atoms with E-state index < -0.39 is 5.41 Å². The van der Waals surface area contributed by atoms with Gasteiger partial charge in [-0.3, -0.25) is 0 Å². The standard InChI is InChI=1S/C64H45NO/c1-63(2)56-30-16-12-26-50(56)53-35-34-47(40-59(53)63)65(48-37-44(42-20-6-3-7-21-42)36-45(38-48)43-22-8-4-9-23-43)49-39-55-54-29-15-19-33-61(54)66-62(55)60(41-49)64(46-24-10-5-11-25-46)57-31-17-13-27-51(57)52-28-14-18-32-58(52)64/h3-41H,1-2H3. The summed E-state index contributed by atoms with van der Waals surface area (Å²) in [4.78, 5) is 2.51. The highest BCUT2D eigenvalue weighted by molar-refractivity contribution is 6.09. The molecule has 13 rings (SSSR count). The van der Waals surface area contributed by atoms with Gasteiger partial charge in [0.05, 0.1) is 5.41 Å². The summed E-state index contributed by atoms with van der Waals surface area (Å²) in [7, 11) is 0. The largest absolute Gasteiger partial charge is 0.456 e. The third-order valence-corrected chi connectivity index (χ3v) is 14.5. The molecule has 0 aliphatic heterocycles. The van der Waals surface area contributed by atoms with Crippen molar-refractivity contribution in [2.75, 3.05) is 4.90 Å². The van der Waals surface area contributed by atoms with Crippen molar-refractivity contribution in [3.8, 4) is 44.5 Å². The van der Waals surface area contributed by atoms with Crippen LogP contribution in [0.2, 0.25) is 0 Å². The van der Waals surface area contributed by atoms with Gasteiger partial charge in [-0.2, -0.15) is 0 Å². The van der Waals surface area contributed by atoms with Crippen LogP contribution < -0.4 is 4.90 Å². The van der Waals surface area contributed by atoms with Gasteiger partial charge in [0.1, 0.15) is 11.2 Å². The predicted molar refractivity (Wildman–Crippen MR) is 274 cm³/mol. The molecule has 0 spiro atoms. The molecule has 0 atom stereocenters. The monoisotopic (exact) mass is 843 g/mol. The van der Waals surface area contributed by atoms with E-state index in [1.54, 1.807) is 0 Å². The maximum absolute atomic E-state index is 7.18. The number of furan rings is 1. The minimum atomic E-state index is -0.703. The lowest BCUT2D eigenvalue weighted by atomic mass is 9.67. The molecule has 0 fully saturated rings. The Bertz CT molecular complexity index is 3570. The van der Waals surface area contributed by atoms with Gasteiger partial charge in [-0.05, 0) is 121 Å². The maximum Gasteiger partial charge on any atom is 0.140 e. The first-order valence-electron chi connectivity index (χ1n) is 23.0. The molecule has 0 unspecified atom stereocenters. The summed E-state index contributed by atoms with van der Waals surface area (Å²) in [6.07, 6.45) is 0. The number of hydrogen-bond donors (Lipinski definition) is 0. The van der Waals surface area contributed by atoms with E-state index in [0.717, 1.165) is 55.7 Å². The van der Waals surface area contributed by atoms with E-state index in [0.29, 0.717) is 0 Å². The highest BCUT2D eigenvalue weighted by atomic mass is 16.3. The summed E-state index contributed by atoms with van der Waals surface area (Å²) < 4.78 is 7.18. The summed E-state index contributed by atoms with van der Waals surface area (Å²) in [6.45, 7) is 4.74. The molecule has 0 bridgehead atoms. The van der Waals surface area contributed by atoms with Crippen LogP contribution in [0.25, 0.3) is 66.4 Å². The Morgan fingerprint density at radius 2 is 0.818 bits per heavy atom. The molecule has 0 saturated heterocycles. The van der Waals surface area contributed by atoms with Crippen LogP contribution in [0.1, 0.15) is 47.2 Å². The highest BCUT2D eigenvalue weighted by Crippen LogP contribution is 2.59. The molecule has 2 heteroatoms. The van der Waals surface area contributed by atoms with Crippen LogP contribution in [0.3, 0.4) is 0 Å². The molecular formula is C64H45NO. The molecule has 0 N–H and O–H groups in total. The molecule has 2 nitrogen and oxygen atoms in total. The van der Waals surface area contributed by atoms with Gasteiger partial charge in [0, 0.05) is 38.8 Å². The first-order chi connectivity index (χ1) is 32.5. The van der Waals surface area contributed by atoms with Gasteiger partial charge >= 0.3 is 0 Å². The van der Waals surface area contributed by atoms with E-state index in [-0.39, 0.29) is 5.41 Å². The van der Waals surface area contributed by atoms with Crippen LogP contribution in [0.5, 0.6) is 0 Å². The molecule has 1 heterocycles. The molecule has 0 radical (unpaired) electrons. The van der Waals surface area contributed by atoms with Crippen molar-refractivity contribution in [1.29, 1.82) is 0 Å². The van der Waals surface area contributed by atoms with Gasteiger partial charge < -0.3 is 9.32 Å². The van der Waals surface area contributed by atoms with Crippen LogP contribution in [0, 0.1) is 0 Å². The van der Waals surface area contributed by atoms with Crippen molar-refractivity contribution >= 4 is 39.0 Å². The van der Waals surface area contributed by atoms with E-state index in [1.807, 2.05) is 0 Å². The molecule has 0 saturated carbocycles. The molecule has 66 heavy (non-hydrogen) atoms. The van der Waals surface area contributed by atoms with E-state index in [1.165, 1.54) is 61.2 Å². The number of hydrogen-bond acceptors (Lipinski definition) is 2. The number of fused-ring (bicyclic) bond motifs is 9. The van der Waals surface area contributed by atoms with Crippen molar-refractivity contribution in [3.05, 3.63) is 270 Å². The summed E-state index contributed by atoms with van der Waals surface area (Å²) >= 11 is 0. The second kappa shape index (κ2) is 14.7. The van der Waals surface area contributed by atoms with Gasteiger partial charge in [-0.15, -0.1) is 0 Å². The van der Waals surface area contributed by atoms with Crippen molar-refractivity contribution in [2.45, 2.75) is 24.7 Å². The first-order valence-corrected chi connectivity index (χ1v) is 23.0. The smallest absolute Gasteiger partial charge is 0.140 e. The van der Waals surface area contributed by atoms with Gasteiger partial charge in [0.2, 0.25) is 0 Å². The van der Waals surface area contributed by atoms with Crippen LogP contribution >= 0.6 is 0 Å². The number of nitrogens with zero attached hydrogens (tertiary/aromatic N) is 1. The Morgan fingerprint density at radius 1 is 0.333 bits per heavy atom. The van der Waals surface area contributed by atoms with Crippen LogP contribution in [-0.4, -0.2) is 0 Å². The van der Waals surface area contributed by atoms with E-state index in [2.05, 4.69) is 255 Å². The second-order valence-electron chi connectivity index (χ2n) is 18.4. The lowest BCUT2D eigenvalue weighted by molar-refractivity contribution is 0.648. The number of para-hydroxylation sites is 1. The normalized spacial score (nSPS) is 13.8. The van der Waals surface area contributed by atoms with Crippen molar-refractivity contribution in [2.24, 2.45) is 0 Å². The van der Waals surface area contributed by atoms with Crippen molar-refractivity contribution < 1.29 is 4.42 Å². The van der Waals surface area contributed by atoms with Crippen molar-refractivity contribution in [3.63, 3.8) is 0 Å². The first kappa shape index (κ1) is 38.3. The Labute approximate surface area is 385 Å². The quantitative estimate of drug-likeness (QED) is 0.159. The molecule has 2 aliphatic rings. The zero-order valence-electron chi connectivity index (χ0n) is 36.9. The third kappa shape index (κ3) is 5.61. The molecule has 11 aromatic rings. The average molecular weight is 844 g/mol. The summed E-state index contributed by atoms with van der Waals surface area (Å²) in [6, 6.07) is 87.1. The Morgan fingerprint density at radius 3 is 1.45 bits per heavy atom. The third-order valence-electron chi connectivity index (χ3n) is 14.5. The number of anilines is 3. The fourth-order valence-electron chi connectivity index (χ4n) is 11.5. The van der Waals surface area contributed by atoms with Crippen molar-refractivity contribution in [1.82, 2.24) is 0 Å². The predicted octanol–water partition coefficient (Wildman–Crippen LogP) is 17.1. The zero-order valence-corrected chi connectivity index (χ0v) is 36.9.